The summed E-state index contributed by atoms with van der Waals surface area (Å²) in [6, 6.07) is 30.8. The Hall–Kier alpha value is -4.31. The average molecular weight is 678 g/mol. The molecule has 0 aliphatic carbocycles. The number of aryl methyl sites for hydroxylation is 2. The number of benzene rings is 3. The second kappa shape index (κ2) is 18.1. The Kier molecular flexibility index (Phi) is 12.8. The van der Waals surface area contributed by atoms with Crippen molar-refractivity contribution in [3.05, 3.63) is 108 Å². The van der Waals surface area contributed by atoms with Crippen molar-refractivity contribution in [2.45, 2.75) is 50.7 Å². The number of pyridine rings is 1. The fourth-order valence-corrected chi connectivity index (χ4v) is 7.01. The van der Waals surface area contributed by atoms with Crippen LogP contribution in [0.2, 0.25) is 0 Å². The Morgan fingerprint density at radius 1 is 0.800 bits per heavy atom. The number of nitrogens with one attached hydrogen (secondary N) is 1. The van der Waals surface area contributed by atoms with Gasteiger partial charge >= 0.3 is 0 Å². The quantitative estimate of drug-likeness (QED) is 0.169. The smallest absolute Gasteiger partial charge is 0.236 e. The van der Waals surface area contributed by atoms with E-state index in [1.54, 1.807) is 6.20 Å². The minimum atomic E-state index is -0.619. The molecule has 1 atom stereocenters. The molecular formula is C41H51N5O4. The van der Waals surface area contributed by atoms with E-state index in [4.69, 9.17) is 4.74 Å². The molecule has 50 heavy (non-hydrogen) atoms. The number of fused-ring (bicyclic) bond motifs is 1. The Labute approximate surface area is 296 Å². The maximum atomic E-state index is 13.3. The lowest BCUT2D eigenvalue weighted by molar-refractivity contribution is -0.144. The molecule has 3 aromatic carbocycles. The highest BCUT2D eigenvalue weighted by molar-refractivity contribution is 5.86. The molecule has 0 unspecified atom stereocenters. The molecule has 2 saturated heterocycles. The molecule has 2 fully saturated rings. The summed E-state index contributed by atoms with van der Waals surface area (Å²) in [5.41, 5.74) is 3.52. The monoisotopic (exact) mass is 677 g/mol. The number of likely N-dealkylation sites (tertiary alicyclic amines) is 1. The van der Waals surface area contributed by atoms with Crippen LogP contribution in [0.1, 0.15) is 36.8 Å². The molecule has 1 aromatic heterocycles. The first-order valence-electron chi connectivity index (χ1n) is 18.3. The number of ether oxygens (including phenoxy) is 1. The average Bonchev–Trinajstić information content (AvgIpc) is 3.12. The van der Waals surface area contributed by atoms with E-state index in [0.717, 1.165) is 81.4 Å². The predicted octanol–water partition coefficient (Wildman–Crippen LogP) is 4.58. The molecule has 2 aliphatic rings. The van der Waals surface area contributed by atoms with Gasteiger partial charge in [-0.05, 0) is 73.9 Å². The maximum absolute atomic E-state index is 13.3. The van der Waals surface area contributed by atoms with E-state index in [2.05, 4.69) is 68.6 Å². The van der Waals surface area contributed by atoms with E-state index in [0.29, 0.717) is 26.2 Å². The molecule has 2 amide bonds. The molecule has 0 spiro atoms. The third kappa shape index (κ3) is 10.4. The fraction of sp³-hybridized carbons (Fsp3) is 0.439. The Morgan fingerprint density at radius 3 is 2.10 bits per heavy atom. The normalized spacial score (nSPS) is 16.3. The van der Waals surface area contributed by atoms with Crippen molar-refractivity contribution in [3.8, 4) is 5.75 Å². The first-order chi connectivity index (χ1) is 24.5. The number of rotatable bonds is 17. The first-order valence-corrected chi connectivity index (χ1v) is 18.3. The second-order valence-electron chi connectivity index (χ2n) is 13.8. The molecule has 0 bridgehead atoms. The first kappa shape index (κ1) is 35.5. The van der Waals surface area contributed by atoms with Crippen LogP contribution in [0.3, 0.4) is 0 Å². The van der Waals surface area contributed by atoms with Crippen LogP contribution in [-0.2, 0) is 22.4 Å². The number of nitrogens with zero attached hydrogens (tertiary/aromatic N) is 4. The SMILES string of the molecule is O=C(NC(CCCc1ccccc1)CCCc1ccccc1)C1CN(C(=O)CN2CCN(C[C@@H](O)COc3cccc4ncccc34)CC2)C1. The van der Waals surface area contributed by atoms with Crippen LogP contribution in [0.4, 0.5) is 0 Å². The van der Waals surface area contributed by atoms with Gasteiger partial charge in [-0.3, -0.25) is 24.4 Å². The largest absolute Gasteiger partial charge is 0.490 e. The third-order valence-corrected chi connectivity index (χ3v) is 10.0. The van der Waals surface area contributed by atoms with E-state index < -0.39 is 6.10 Å². The topological polar surface area (TPSA) is 98.2 Å². The number of hydrogen-bond acceptors (Lipinski definition) is 7. The summed E-state index contributed by atoms with van der Waals surface area (Å²) in [5.74, 6) is 0.742. The van der Waals surface area contributed by atoms with Gasteiger partial charge in [0.25, 0.3) is 0 Å². The number of piperazine rings is 1. The number of aliphatic hydroxyl groups is 1. The molecule has 6 rings (SSSR count). The van der Waals surface area contributed by atoms with Gasteiger partial charge in [-0.15, -0.1) is 0 Å². The predicted molar refractivity (Wildman–Crippen MR) is 197 cm³/mol. The summed E-state index contributed by atoms with van der Waals surface area (Å²) in [5, 5.41) is 15.0. The maximum Gasteiger partial charge on any atom is 0.236 e. The minimum absolute atomic E-state index is 0.0757. The summed E-state index contributed by atoms with van der Waals surface area (Å²) >= 11 is 0. The molecule has 9 nitrogen and oxygen atoms in total. The van der Waals surface area contributed by atoms with Crippen molar-refractivity contribution >= 4 is 22.7 Å². The van der Waals surface area contributed by atoms with Gasteiger partial charge < -0.3 is 20.1 Å². The second-order valence-corrected chi connectivity index (χ2v) is 13.8. The number of hydrogen-bond donors (Lipinski definition) is 2. The Morgan fingerprint density at radius 2 is 1.44 bits per heavy atom. The van der Waals surface area contributed by atoms with E-state index in [9.17, 15) is 14.7 Å². The number of aliphatic hydroxyl groups excluding tert-OH is 1. The molecule has 2 N–H and O–H groups in total. The van der Waals surface area contributed by atoms with Crippen molar-refractivity contribution in [1.82, 2.24) is 25.0 Å². The zero-order valence-corrected chi connectivity index (χ0v) is 29.0. The van der Waals surface area contributed by atoms with E-state index in [-0.39, 0.29) is 30.4 Å². The summed E-state index contributed by atoms with van der Waals surface area (Å²) in [6.07, 6.45) is 7.10. The van der Waals surface area contributed by atoms with Crippen LogP contribution in [-0.4, -0.2) is 108 Å². The van der Waals surface area contributed by atoms with E-state index >= 15 is 0 Å². The summed E-state index contributed by atoms with van der Waals surface area (Å²) in [6.45, 7) is 5.16. The Balaban J connectivity index is 0.881. The van der Waals surface area contributed by atoms with Gasteiger partial charge in [0.2, 0.25) is 11.8 Å². The van der Waals surface area contributed by atoms with Crippen LogP contribution in [0, 0.1) is 5.92 Å². The summed E-state index contributed by atoms with van der Waals surface area (Å²) < 4.78 is 5.95. The van der Waals surface area contributed by atoms with Gasteiger partial charge in [0.15, 0.2) is 0 Å². The van der Waals surface area contributed by atoms with Gasteiger partial charge in [-0.2, -0.15) is 0 Å². The zero-order chi connectivity index (χ0) is 34.5. The third-order valence-electron chi connectivity index (χ3n) is 10.0. The van der Waals surface area contributed by atoms with Crippen molar-refractivity contribution in [1.29, 1.82) is 0 Å². The summed E-state index contributed by atoms with van der Waals surface area (Å²) in [4.78, 5) is 36.9. The lowest BCUT2D eigenvalue weighted by atomic mass is 9.95. The number of carbonyl (C=O) groups excluding carboxylic acids is 2. The fourth-order valence-electron chi connectivity index (χ4n) is 7.01. The van der Waals surface area contributed by atoms with E-state index in [1.165, 1.54) is 11.1 Å². The Bertz CT molecular complexity index is 1590. The summed E-state index contributed by atoms with van der Waals surface area (Å²) in [7, 11) is 0. The van der Waals surface area contributed by atoms with Crippen LogP contribution in [0.25, 0.3) is 10.9 Å². The van der Waals surface area contributed by atoms with Crippen molar-refractivity contribution < 1.29 is 19.4 Å². The lowest BCUT2D eigenvalue weighted by Gasteiger charge is -2.41. The number of aromatic nitrogens is 1. The lowest BCUT2D eigenvalue weighted by Crippen LogP contribution is -2.59. The van der Waals surface area contributed by atoms with Crippen molar-refractivity contribution in [2.75, 3.05) is 59.0 Å². The molecular weight excluding hydrogens is 626 g/mol. The van der Waals surface area contributed by atoms with Crippen LogP contribution in [0.15, 0.2) is 97.2 Å². The minimum Gasteiger partial charge on any atom is -0.490 e. The van der Waals surface area contributed by atoms with Crippen molar-refractivity contribution in [3.63, 3.8) is 0 Å². The van der Waals surface area contributed by atoms with Gasteiger partial charge in [-0.1, -0.05) is 66.7 Å². The molecule has 9 heteroatoms. The van der Waals surface area contributed by atoms with Crippen molar-refractivity contribution in [2.24, 2.45) is 5.92 Å². The van der Waals surface area contributed by atoms with Gasteiger partial charge in [0.1, 0.15) is 18.5 Å². The number of amides is 2. The number of β-amino-alcohol motifs (C(OH)–C–C–N with tert-alkyl or cyclic N) is 1. The molecule has 4 aromatic rings. The molecule has 0 radical (unpaired) electrons. The van der Waals surface area contributed by atoms with E-state index in [1.807, 2.05) is 47.4 Å². The highest BCUT2D eigenvalue weighted by Crippen LogP contribution is 2.24. The molecule has 0 saturated carbocycles. The zero-order valence-electron chi connectivity index (χ0n) is 29.0. The molecule has 3 heterocycles. The number of carbonyl (C=O) groups is 2. The molecule has 264 valence electrons. The highest BCUT2D eigenvalue weighted by Gasteiger charge is 2.37. The van der Waals surface area contributed by atoms with Gasteiger partial charge in [-0.25, -0.2) is 0 Å². The molecule has 2 aliphatic heterocycles. The van der Waals surface area contributed by atoms with Gasteiger partial charge in [0, 0.05) is 63.4 Å². The standard InChI is InChI=1S/C41H51N5O4/c47-36(31-50-39-21-9-20-38-37(39)19-10-22-42-38)29-44-23-25-45(26-24-44)30-40(48)46-27-34(28-46)41(49)43-35(17-7-15-32-11-3-1-4-12-32)18-8-16-33-13-5-2-6-14-33/h1-6,9-14,19-22,34-36,47H,7-8,15-18,23-31H2,(H,43,49)/t36-/m1/s1. The van der Waals surface area contributed by atoms with Crippen LogP contribution in [0.5, 0.6) is 5.75 Å². The highest BCUT2D eigenvalue weighted by atomic mass is 16.5. The van der Waals surface area contributed by atoms with Crippen LogP contribution < -0.4 is 10.1 Å². The van der Waals surface area contributed by atoms with Gasteiger partial charge in [0.05, 0.1) is 18.0 Å². The van der Waals surface area contributed by atoms with Crippen LogP contribution >= 0.6 is 0 Å².